The quantitative estimate of drug-likeness (QED) is 0.819. The Balaban J connectivity index is 2.07. The molecule has 0 spiro atoms. The molecule has 0 aliphatic rings. The number of aryl methyl sites for hydroxylation is 1. The lowest BCUT2D eigenvalue weighted by Gasteiger charge is -2.15. The first-order valence-electron chi connectivity index (χ1n) is 5.00. The third-order valence-electron chi connectivity index (χ3n) is 2.43. The number of nitrogens with zero attached hydrogens (tertiary/aromatic N) is 1. The van der Waals surface area contributed by atoms with Crippen molar-refractivity contribution in [2.45, 2.75) is 13.5 Å². The Kier molecular flexibility index (Phi) is 3.41. The standard InChI is InChI=1S/C12H13NOS2/c1-9-5-7-16-11(9)8-13(2)12(14)10-4-3-6-15-10/h3-7H,8H2,1-2H3. The first-order chi connectivity index (χ1) is 7.68. The van der Waals surface area contributed by atoms with Crippen molar-refractivity contribution in [2.24, 2.45) is 0 Å². The van der Waals surface area contributed by atoms with Gasteiger partial charge in [0.25, 0.3) is 5.91 Å². The van der Waals surface area contributed by atoms with Gasteiger partial charge in [0.05, 0.1) is 11.4 Å². The van der Waals surface area contributed by atoms with E-state index in [9.17, 15) is 4.79 Å². The van der Waals surface area contributed by atoms with Gasteiger partial charge in [0.15, 0.2) is 0 Å². The molecule has 2 nitrogen and oxygen atoms in total. The van der Waals surface area contributed by atoms with Crippen LogP contribution in [-0.4, -0.2) is 17.9 Å². The zero-order valence-electron chi connectivity index (χ0n) is 9.27. The van der Waals surface area contributed by atoms with Crippen molar-refractivity contribution in [1.29, 1.82) is 0 Å². The maximum atomic E-state index is 12.0. The third kappa shape index (κ3) is 2.33. The lowest BCUT2D eigenvalue weighted by molar-refractivity contribution is 0.0791. The topological polar surface area (TPSA) is 20.3 Å². The zero-order chi connectivity index (χ0) is 11.5. The molecule has 2 aromatic rings. The summed E-state index contributed by atoms with van der Waals surface area (Å²) in [5, 5.41) is 3.99. The summed E-state index contributed by atoms with van der Waals surface area (Å²) in [5.41, 5.74) is 1.26. The van der Waals surface area contributed by atoms with Crippen molar-refractivity contribution in [2.75, 3.05) is 7.05 Å². The van der Waals surface area contributed by atoms with Crippen molar-refractivity contribution < 1.29 is 4.79 Å². The predicted molar refractivity (Wildman–Crippen MR) is 69.2 cm³/mol. The highest BCUT2D eigenvalue weighted by Crippen LogP contribution is 2.19. The molecular weight excluding hydrogens is 238 g/mol. The number of carbonyl (C=O) groups is 1. The molecule has 16 heavy (non-hydrogen) atoms. The number of hydrogen-bond donors (Lipinski definition) is 0. The molecule has 0 atom stereocenters. The van der Waals surface area contributed by atoms with Gasteiger partial charge in [-0.05, 0) is 35.4 Å². The van der Waals surface area contributed by atoms with E-state index in [-0.39, 0.29) is 5.91 Å². The van der Waals surface area contributed by atoms with Crippen LogP contribution in [0.25, 0.3) is 0 Å². The van der Waals surface area contributed by atoms with E-state index in [1.54, 1.807) is 16.2 Å². The molecule has 0 bridgehead atoms. The Hall–Kier alpha value is -1.13. The summed E-state index contributed by atoms with van der Waals surface area (Å²) >= 11 is 3.19. The Labute approximate surface area is 103 Å². The van der Waals surface area contributed by atoms with Crippen LogP contribution in [0.2, 0.25) is 0 Å². The number of hydrogen-bond acceptors (Lipinski definition) is 3. The number of rotatable bonds is 3. The lowest BCUT2D eigenvalue weighted by Crippen LogP contribution is -2.25. The monoisotopic (exact) mass is 251 g/mol. The van der Waals surface area contributed by atoms with Crippen molar-refractivity contribution in [3.8, 4) is 0 Å². The summed E-state index contributed by atoms with van der Waals surface area (Å²) in [5.74, 6) is 0.0998. The molecule has 0 aliphatic carbocycles. The van der Waals surface area contributed by atoms with E-state index in [0.29, 0.717) is 6.54 Å². The van der Waals surface area contributed by atoms with Crippen LogP contribution < -0.4 is 0 Å². The normalized spacial score (nSPS) is 10.4. The Morgan fingerprint density at radius 3 is 2.69 bits per heavy atom. The van der Waals surface area contributed by atoms with E-state index >= 15 is 0 Å². The molecular formula is C12H13NOS2. The minimum Gasteiger partial charge on any atom is -0.336 e. The van der Waals surface area contributed by atoms with Gasteiger partial charge in [0.1, 0.15) is 0 Å². The Morgan fingerprint density at radius 2 is 2.12 bits per heavy atom. The van der Waals surface area contributed by atoms with Gasteiger partial charge in [0, 0.05) is 11.9 Å². The molecule has 84 valence electrons. The van der Waals surface area contributed by atoms with Crippen LogP contribution in [0.1, 0.15) is 20.1 Å². The zero-order valence-corrected chi connectivity index (χ0v) is 10.9. The molecule has 2 rings (SSSR count). The Morgan fingerprint density at radius 1 is 1.31 bits per heavy atom. The molecule has 0 saturated heterocycles. The van der Waals surface area contributed by atoms with Crippen molar-refractivity contribution in [1.82, 2.24) is 4.90 Å². The van der Waals surface area contributed by atoms with E-state index in [4.69, 9.17) is 0 Å². The molecule has 4 heteroatoms. The van der Waals surface area contributed by atoms with Crippen LogP contribution in [0.4, 0.5) is 0 Å². The molecule has 1 amide bonds. The first-order valence-corrected chi connectivity index (χ1v) is 6.76. The second kappa shape index (κ2) is 4.80. The van der Waals surface area contributed by atoms with Gasteiger partial charge in [0.2, 0.25) is 0 Å². The van der Waals surface area contributed by atoms with Crippen molar-refractivity contribution in [3.05, 3.63) is 44.3 Å². The molecule has 0 aromatic carbocycles. The molecule has 0 fully saturated rings. The van der Waals surface area contributed by atoms with Crippen LogP contribution in [0.3, 0.4) is 0 Å². The summed E-state index contributed by atoms with van der Waals surface area (Å²) in [6.45, 7) is 2.77. The number of amides is 1. The van der Waals surface area contributed by atoms with E-state index < -0.39 is 0 Å². The maximum absolute atomic E-state index is 12.0. The van der Waals surface area contributed by atoms with Gasteiger partial charge in [-0.3, -0.25) is 4.79 Å². The molecule has 0 unspecified atom stereocenters. The van der Waals surface area contributed by atoms with Crippen LogP contribution >= 0.6 is 22.7 Å². The lowest BCUT2D eigenvalue weighted by atomic mass is 10.3. The van der Waals surface area contributed by atoms with Crippen LogP contribution in [0, 0.1) is 6.92 Å². The SMILES string of the molecule is Cc1ccsc1CN(C)C(=O)c1cccs1. The smallest absolute Gasteiger partial charge is 0.263 e. The third-order valence-corrected chi connectivity index (χ3v) is 4.29. The minimum absolute atomic E-state index is 0.0998. The highest BCUT2D eigenvalue weighted by molar-refractivity contribution is 7.12. The van der Waals surface area contributed by atoms with E-state index in [2.05, 4.69) is 18.4 Å². The fourth-order valence-corrected chi connectivity index (χ4v) is 3.12. The summed E-state index contributed by atoms with van der Waals surface area (Å²) in [4.78, 5) is 15.8. The first kappa shape index (κ1) is 11.4. The average molecular weight is 251 g/mol. The maximum Gasteiger partial charge on any atom is 0.263 e. The summed E-state index contributed by atoms with van der Waals surface area (Å²) < 4.78 is 0. The number of thiophene rings is 2. The van der Waals surface area contributed by atoms with Gasteiger partial charge < -0.3 is 4.90 Å². The molecule has 0 N–H and O–H groups in total. The second-order valence-corrected chi connectivity index (χ2v) is 5.61. The van der Waals surface area contributed by atoms with Crippen LogP contribution in [-0.2, 0) is 6.54 Å². The summed E-state index contributed by atoms with van der Waals surface area (Å²) in [6.07, 6.45) is 0. The van der Waals surface area contributed by atoms with Gasteiger partial charge >= 0.3 is 0 Å². The van der Waals surface area contributed by atoms with E-state index in [1.807, 2.05) is 24.6 Å². The second-order valence-electron chi connectivity index (χ2n) is 3.67. The summed E-state index contributed by atoms with van der Waals surface area (Å²) in [7, 11) is 1.85. The largest absolute Gasteiger partial charge is 0.336 e. The van der Waals surface area contributed by atoms with Crippen molar-refractivity contribution in [3.63, 3.8) is 0 Å². The van der Waals surface area contributed by atoms with Gasteiger partial charge in [-0.15, -0.1) is 22.7 Å². The van der Waals surface area contributed by atoms with Crippen molar-refractivity contribution >= 4 is 28.6 Å². The summed E-state index contributed by atoms with van der Waals surface area (Å²) in [6, 6.07) is 5.86. The van der Waals surface area contributed by atoms with Crippen LogP contribution in [0.15, 0.2) is 29.0 Å². The highest BCUT2D eigenvalue weighted by atomic mass is 32.1. The number of carbonyl (C=O) groups excluding carboxylic acids is 1. The van der Waals surface area contributed by atoms with E-state index in [1.165, 1.54) is 21.8 Å². The van der Waals surface area contributed by atoms with Gasteiger partial charge in [-0.1, -0.05) is 6.07 Å². The van der Waals surface area contributed by atoms with Crippen LogP contribution in [0.5, 0.6) is 0 Å². The minimum atomic E-state index is 0.0998. The molecule has 2 aromatic heterocycles. The van der Waals surface area contributed by atoms with E-state index in [0.717, 1.165) is 4.88 Å². The van der Waals surface area contributed by atoms with Gasteiger partial charge in [-0.2, -0.15) is 0 Å². The molecule has 0 radical (unpaired) electrons. The highest BCUT2D eigenvalue weighted by Gasteiger charge is 2.13. The predicted octanol–water partition coefficient (Wildman–Crippen LogP) is 3.39. The average Bonchev–Trinajstić information content (AvgIpc) is 2.89. The molecule has 0 aliphatic heterocycles. The molecule has 2 heterocycles. The fraction of sp³-hybridized carbons (Fsp3) is 0.250. The fourth-order valence-electron chi connectivity index (χ4n) is 1.44. The molecule has 0 saturated carbocycles. The van der Waals surface area contributed by atoms with Gasteiger partial charge in [-0.25, -0.2) is 0 Å². The Bertz CT molecular complexity index is 473.